The first-order valence-electron chi connectivity index (χ1n) is 5.07. The normalized spacial score (nSPS) is 10.9. The van der Waals surface area contributed by atoms with Crippen LogP contribution in [0.4, 0.5) is 0 Å². The maximum Gasteiger partial charge on any atom is 0.219 e. The minimum Gasteiger partial charge on any atom is -0.299 e. The van der Waals surface area contributed by atoms with E-state index in [0.717, 1.165) is 21.2 Å². The summed E-state index contributed by atoms with van der Waals surface area (Å²) in [5.41, 5.74) is 2.95. The molecule has 17 heavy (non-hydrogen) atoms. The first kappa shape index (κ1) is 10.7. The fraction of sp³-hybridized carbons (Fsp3) is 0. The summed E-state index contributed by atoms with van der Waals surface area (Å²) in [6.45, 7) is 0. The minimum atomic E-state index is 0.530. The summed E-state index contributed by atoms with van der Waals surface area (Å²) in [7, 11) is 0. The Balaban J connectivity index is 2.27. The predicted molar refractivity (Wildman–Crippen MR) is 73.5 cm³/mol. The van der Waals surface area contributed by atoms with Crippen molar-refractivity contribution in [3.63, 3.8) is 0 Å². The Kier molecular flexibility index (Phi) is 2.57. The molecule has 0 aliphatic heterocycles. The van der Waals surface area contributed by atoms with E-state index in [4.69, 9.17) is 12.2 Å². The third-order valence-electron chi connectivity index (χ3n) is 2.53. The van der Waals surface area contributed by atoms with Crippen LogP contribution in [-0.2, 0) is 0 Å². The van der Waals surface area contributed by atoms with Gasteiger partial charge in [0.1, 0.15) is 0 Å². The van der Waals surface area contributed by atoms with Gasteiger partial charge in [-0.3, -0.25) is 5.10 Å². The molecule has 0 atom stereocenters. The molecule has 1 N–H and O–H groups in total. The summed E-state index contributed by atoms with van der Waals surface area (Å²) in [6, 6.07) is 12.0. The molecule has 0 unspecified atom stereocenters. The molecule has 0 radical (unpaired) electrons. The van der Waals surface area contributed by atoms with E-state index in [1.165, 1.54) is 0 Å². The monoisotopic (exact) mass is 305 g/mol. The van der Waals surface area contributed by atoms with Gasteiger partial charge in [0.05, 0.1) is 11.2 Å². The van der Waals surface area contributed by atoms with Crippen LogP contribution in [0.15, 0.2) is 47.1 Å². The Morgan fingerprint density at radius 1 is 1.24 bits per heavy atom. The number of aromatic nitrogens is 3. The first-order valence-corrected chi connectivity index (χ1v) is 6.27. The van der Waals surface area contributed by atoms with Crippen LogP contribution in [0.2, 0.25) is 0 Å². The SMILES string of the molecule is S=c1nc(-c2cccc(Br)c2)cc2cc[nH]n12. The third kappa shape index (κ3) is 1.92. The van der Waals surface area contributed by atoms with Crippen molar-refractivity contribution in [2.24, 2.45) is 0 Å². The van der Waals surface area contributed by atoms with Gasteiger partial charge < -0.3 is 0 Å². The Labute approximate surface area is 111 Å². The molecule has 0 fully saturated rings. The van der Waals surface area contributed by atoms with Gasteiger partial charge in [0.25, 0.3) is 0 Å². The molecule has 3 nitrogen and oxygen atoms in total. The Bertz CT molecular complexity index is 745. The molecule has 0 aliphatic rings. The molecule has 2 heterocycles. The quantitative estimate of drug-likeness (QED) is 0.693. The van der Waals surface area contributed by atoms with E-state index in [1.54, 1.807) is 4.52 Å². The molecule has 0 bridgehead atoms. The number of benzene rings is 1. The summed E-state index contributed by atoms with van der Waals surface area (Å²) in [5.74, 6) is 0. The van der Waals surface area contributed by atoms with Crippen molar-refractivity contribution >= 4 is 33.7 Å². The number of rotatable bonds is 1. The number of fused-ring (bicyclic) bond motifs is 1. The molecule has 1 aromatic carbocycles. The van der Waals surface area contributed by atoms with Gasteiger partial charge in [-0.05, 0) is 36.5 Å². The number of hydrogen-bond acceptors (Lipinski definition) is 2. The molecule has 0 spiro atoms. The topological polar surface area (TPSA) is 33.1 Å². The predicted octanol–water partition coefficient (Wildman–Crippen LogP) is 3.82. The fourth-order valence-corrected chi connectivity index (χ4v) is 2.40. The lowest BCUT2D eigenvalue weighted by Crippen LogP contribution is -1.94. The average molecular weight is 306 g/mol. The van der Waals surface area contributed by atoms with E-state index in [1.807, 2.05) is 42.6 Å². The number of aromatic amines is 1. The van der Waals surface area contributed by atoms with Crippen LogP contribution in [-0.4, -0.2) is 14.6 Å². The first-order chi connectivity index (χ1) is 8.24. The van der Waals surface area contributed by atoms with Crippen molar-refractivity contribution < 1.29 is 0 Å². The number of halogens is 1. The van der Waals surface area contributed by atoms with Gasteiger partial charge in [-0.1, -0.05) is 28.1 Å². The molecular formula is C12H8BrN3S. The third-order valence-corrected chi connectivity index (χ3v) is 3.30. The summed E-state index contributed by atoms with van der Waals surface area (Å²) in [5, 5.41) is 3.02. The highest BCUT2D eigenvalue weighted by Gasteiger charge is 2.03. The van der Waals surface area contributed by atoms with Crippen molar-refractivity contribution in [2.75, 3.05) is 0 Å². The fourth-order valence-electron chi connectivity index (χ4n) is 1.75. The van der Waals surface area contributed by atoms with E-state index in [2.05, 4.69) is 26.0 Å². The maximum atomic E-state index is 5.24. The van der Waals surface area contributed by atoms with Crippen LogP contribution in [0.1, 0.15) is 0 Å². The van der Waals surface area contributed by atoms with E-state index in [0.29, 0.717) is 4.77 Å². The Hall–Kier alpha value is -1.46. The molecule has 5 heteroatoms. The number of nitrogens with zero attached hydrogens (tertiary/aromatic N) is 2. The van der Waals surface area contributed by atoms with E-state index >= 15 is 0 Å². The van der Waals surface area contributed by atoms with Crippen LogP contribution in [0, 0.1) is 4.77 Å². The summed E-state index contributed by atoms with van der Waals surface area (Å²) < 4.78 is 3.34. The second-order valence-electron chi connectivity index (χ2n) is 3.66. The zero-order chi connectivity index (χ0) is 11.8. The van der Waals surface area contributed by atoms with Crippen LogP contribution in [0.5, 0.6) is 0 Å². The molecule has 2 aromatic heterocycles. The van der Waals surface area contributed by atoms with Crippen LogP contribution < -0.4 is 0 Å². The van der Waals surface area contributed by atoms with Crippen LogP contribution in [0.25, 0.3) is 16.8 Å². The molecule has 0 saturated carbocycles. The Morgan fingerprint density at radius 2 is 2.12 bits per heavy atom. The highest BCUT2D eigenvalue weighted by Crippen LogP contribution is 2.22. The van der Waals surface area contributed by atoms with Gasteiger partial charge in [0, 0.05) is 16.2 Å². The van der Waals surface area contributed by atoms with E-state index < -0.39 is 0 Å². The summed E-state index contributed by atoms with van der Waals surface area (Å²) in [6.07, 6.45) is 1.84. The highest BCUT2D eigenvalue weighted by molar-refractivity contribution is 9.10. The van der Waals surface area contributed by atoms with Crippen molar-refractivity contribution in [1.82, 2.24) is 14.6 Å². The van der Waals surface area contributed by atoms with Gasteiger partial charge in [0.2, 0.25) is 4.77 Å². The largest absolute Gasteiger partial charge is 0.299 e. The average Bonchev–Trinajstić information content (AvgIpc) is 2.77. The lowest BCUT2D eigenvalue weighted by Gasteiger charge is -2.02. The number of H-pyrrole nitrogens is 1. The standard InChI is InChI=1S/C12H8BrN3S/c13-9-3-1-2-8(6-9)11-7-10-4-5-14-16(10)12(17)15-11/h1-7,14H. The smallest absolute Gasteiger partial charge is 0.219 e. The lowest BCUT2D eigenvalue weighted by molar-refractivity contribution is 0.904. The van der Waals surface area contributed by atoms with Crippen molar-refractivity contribution in [3.8, 4) is 11.3 Å². The van der Waals surface area contributed by atoms with Crippen molar-refractivity contribution in [1.29, 1.82) is 0 Å². The summed E-state index contributed by atoms with van der Waals surface area (Å²) in [4.78, 5) is 4.41. The van der Waals surface area contributed by atoms with E-state index in [9.17, 15) is 0 Å². The van der Waals surface area contributed by atoms with Crippen LogP contribution >= 0.6 is 28.1 Å². The van der Waals surface area contributed by atoms with Crippen LogP contribution in [0.3, 0.4) is 0 Å². The zero-order valence-electron chi connectivity index (χ0n) is 8.72. The molecule has 3 aromatic rings. The second kappa shape index (κ2) is 4.09. The molecule has 0 saturated heterocycles. The zero-order valence-corrected chi connectivity index (χ0v) is 11.1. The highest BCUT2D eigenvalue weighted by atomic mass is 79.9. The lowest BCUT2D eigenvalue weighted by atomic mass is 10.1. The minimum absolute atomic E-state index is 0.530. The van der Waals surface area contributed by atoms with Gasteiger partial charge in [0.15, 0.2) is 0 Å². The van der Waals surface area contributed by atoms with Gasteiger partial charge in [-0.25, -0.2) is 9.50 Å². The number of nitrogens with one attached hydrogen (secondary N) is 1. The van der Waals surface area contributed by atoms with Crippen molar-refractivity contribution in [2.45, 2.75) is 0 Å². The van der Waals surface area contributed by atoms with Gasteiger partial charge >= 0.3 is 0 Å². The molecule has 3 rings (SSSR count). The molecule has 0 aliphatic carbocycles. The van der Waals surface area contributed by atoms with Gasteiger partial charge in [-0.2, -0.15) is 0 Å². The summed E-state index contributed by atoms with van der Waals surface area (Å²) >= 11 is 8.69. The van der Waals surface area contributed by atoms with E-state index in [-0.39, 0.29) is 0 Å². The van der Waals surface area contributed by atoms with Gasteiger partial charge in [-0.15, -0.1) is 0 Å². The Morgan fingerprint density at radius 3 is 2.94 bits per heavy atom. The maximum absolute atomic E-state index is 5.24. The second-order valence-corrected chi connectivity index (χ2v) is 4.94. The molecule has 0 amide bonds. The molecular weight excluding hydrogens is 298 g/mol. The number of hydrogen-bond donors (Lipinski definition) is 1. The molecule has 84 valence electrons. The van der Waals surface area contributed by atoms with Crippen molar-refractivity contribution in [3.05, 3.63) is 51.8 Å².